The van der Waals surface area contributed by atoms with E-state index in [-0.39, 0.29) is 0 Å². The predicted molar refractivity (Wildman–Crippen MR) is 134 cm³/mol. The van der Waals surface area contributed by atoms with E-state index in [1.54, 1.807) is 0 Å². The highest BCUT2D eigenvalue weighted by Gasteiger charge is 2.27. The van der Waals surface area contributed by atoms with Crippen molar-refractivity contribution < 1.29 is 12.4 Å². The van der Waals surface area contributed by atoms with E-state index in [4.69, 9.17) is 12.4 Å². The van der Waals surface area contributed by atoms with Gasteiger partial charge in [-0.3, -0.25) is 0 Å². The van der Waals surface area contributed by atoms with E-state index in [0.717, 1.165) is 17.9 Å². The van der Waals surface area contributed by atoms with E-state index in [9.17, 15) is 0 Å². The van der Waals surface area contributed by atoms with Crippen LogP contribution < -0.4 is 12.4 Å². The molecule has 25 heavy (non-hydrogen) atoms. The first-order valence-electron chi connectivity index (χ1n) is 5.64. The molecule has 13 heteroatoms. The van der Waals surface area contributed by atoms with E-state index in [2.05, 4.69) is 160 Å². The van der Waals surface area contributed by atoms with Crippen molar-refractivity contribution in [2.24, 2.45) is 0 Å². The second-order valence-electron chi connectivity index (χ2n) is 4.08. The summed E-state index contributed by atoms with van der Waals surface area (Å²) in [5.74, 6) is 1.66. The lowest BCUT2D eigenvalue weighted by atomic mass is 10.3. The minimum absolute atomic E-state index is 0.409. The van der Waals surface area contributed by atoms with Gasteiger partial charge in [-0.05, 0) is 127 Å². The van der Waals surface area contributed by atoms with Crippen molar-refractivity contribution >= 4 is 160 Å². The van der Waals surface area contributed by atoms with Crippen LogP contribution in [0.2, 0.25) is 0 Å². The minimum atomic E-state index is 0.409. The Morgan fingerprint density at radius 3 is 0.840 bits per heavy atom. The van der Waals surface area contributed by atoms with Gasteiger partial charge in [-0.25, -0.2) is 0 Å². The summed E-state index contributed by atoms with van der Waals surface area (Å²) in [6.45, 7) is 0. The maximum Gasteiger partial charge on any atom is 0.195 e. The van der Waals surface area contributed by atoms with Crippen molar-refractivity contribution in [2.45, 2.75) is 0 Å². The van der Waals surface area contributed by atoms with Crippen LogP contribution in [-0.2, 0) is 0 Å². The molecule has 0 aliphatic heterocycles. The molecule has 0 fully saturated rings. The second kappa shape index (κ2) is 10.1. The predicted octanol–water partition coefficient (Wildman–Crippen LogP) is 11.0. The monoisotopic (exact) mass is 981 g/mol. The molecule has 0 heterocycles. The molecule has 2 rings (SSSR count). The Morgan fingerprint density at radius 2 is 0.600 bits per heavy atom. The summed E-state index contributed by atoms with van der Waals surface area (Å²) in [6, 6.07) is 0. The quantitative estimate of drug-likeness (QED) is 0.226. The van der Waals surface area contributed by atoms with Gasteiger partial charge in [-0.15, -0.1) is 0 Å². The van der Waals surface area contributed by atoms with Gasteiger partial charge in [0.15, 0.2) is 55.5 Å². The molecule has 0 aliphatic rings. The highest BCUT2D eigenvalue weighted by Crippen LogP contribution is 2.57. The zero-order valence-electron chi connectivity index (χ0n) is 11.0. The van der Waals surface area contributed by atoms with Gasteiger partial charge in [0.1, 0.15) is 0 Å². The fourth-order valence-electron chi connectivity index (χ4n) is 1.60. The normalized spacial score (nSPS) is 10.8. The third-order valence-electron chi connectivity index (χ3n) is 2.72. The third kappa shape index (κ3) is 4.70. The smallest absolute Gasteiger partial charge is 0.195 e. The maximum absolute atomic E-state index is 6.15. The summed E-state index contributed by atoms with van der Waals surface area (Å²) >= 11 is 33.9. The molecule has 2 aromatic rings. The Balaban J connectivity index is 2.78. The fourth-order valence-corrected chi connectivity index (χ4v) is 7.07. The molecule has 0 bridgehead atoms. The van der Waals surface area contributed by atoms with Crippen LogP contribution in [0.25, 0.3) is 0 Å². The summed E-state index contributed by atoms with van der Waals surface area (Å²) in [6.07, 6.45) is 0. The Labute approximate surface area is 227 Å². The number of rotatable bonds is 4. The Hall–Kier alpha value is 2.64. The molecule has 136 valence electrons. The summed E-state index contributed by atoms with van der Waals surface area (Å²) in [4.78, 5) is 0. The van der Waals surface area contributed by atoms with Crippen molar-refractivity contribution in [1.29, 1.82) is 0 Å². The molecule has 0 N–H and O–H groups in total. The first kappa shape index (κ1) is 23.9. The van der Waals surface area contributed by atoms with Crippen molar-refractivity contribution in [3.63, 3.8) is 0 Å². The highest BCUT2D eigenvalue weighted by atomic mass is 79.9. The SMILES string of the molecule is BrOc1c(Br)c(Br)c(Br)c(Br)c1Oc1c(Br)c(Br)c(Br)c(Br)c1OBr. The molecule has 2 aromatic carbocycles. The molecule has 0 saturated carbocycles. The van der Waals surface area contributed by atoms with E-state index in [1.807, 2.05) is 0 Å². The van der Waals surface area contributed by atoms with Gasteiger partial charge >= 0.3 is 0 Å². The van der Waals surface area contributed by atoms with Crippen LogP contribution in [0.5, 0.6) is 23.0 Å². The number of ether oxygens (including phenoxy) is 1. The van der Waals surface area contributed by atoms with Gasteiger partial charge in [-0.2, -0.15) is 0 Å². The maximum atomic E-state index is 6.15. The zero-order valence-corrected chi connectivity index (χ0v) is 26.9. The van der Waals surface area contributed by atoms with Crippen LogP contribution in [0.3, 0.4) is 0 Å². The number of hydrogen-bond donors (Lipinski definition) is 0. The largest absolute Gasteiger partial charge is 0.447 e. The minimum Gasteiger partial charge on any atom is -0.447 e. The van der Waals surface area contributed by atoms with E-state index in [0.29, 0.717) is 40.9 Å². The second-order valence-corrected chi connectivity index (χ2v) is 11.1. The van der Waals surface area contributed by atoms with Crippen molar-refractivity contribution in [1.82, 2.24) is 0 Å². The van der Waals surface area contributed by atoms with Crippen LogP contribution >= 0.6 is 160 Å². The molecule has 0 aliphatic carbocycles. The van der Waals surface area contributed by atoms with Crippen LogP contribution in [0.15, 0.2) is 35.8 Å². The van der Waals surface area contributed by atoms with Crippen molar-refractivity contribution in [3.05, 3.63) is 35.8 Å². The number of benzene rings is 2. The van der Waals surface area contributed by atoms with Crippen LogP contribution in [-0.4, -0.2) is 0 Å². The summed E-state index contributed by atoms with van der Waals surface area (Å²) in [5, 5.41) is 0. The molecule has 0 radical (unpaired) electrons. The van der Waals surface area contributed by atoms with Gasteiger partial charge in [0, 0.05) is 0 Å². The van der Waals surface area contributed by atoms with Gasteiger partial charge < -0.3 is 12.4 Å². The van der Waals surface area contributed by atoms with E-state index >= 15 is 0 Å². The van der Waals surface area contributed by atoms with E-state index < -0.39 is 0 Å². The van der Waals surface area contributed by atoms with E-state index in [1.165, 1.54) is 0 Å². The average Bonchev–Trinajstić information content (AvgIpc) is 2.60. The Kier molecular flexibility index (Phi) is 9.66. The van der Waals surface area contributed by atoms with Crippen LogP contribution in [0, 0.1) is 0 Å². The van der Waals surface area contributed by atoms with Crippen molar-refractivity contribution in [2.75, 3.05) is 0 Å². The first-order valence-corrected chi connectivity index (χ1v) is 13.3. The van der Waals surface area contributed by atoms with Gasteiger partial charge in [0.25, 0.3) is 0 Å². The highest BCUT2D eigenvalue weighted by molar-refractivity contribution is 9.15. The molecular weight excluding hydrogens is 991 g/mol. The van der Waals surface area contributed by atoms with Crippen molar-refractivity contribution in [3.8, 4) is 23.0 Å². The Morgan fingerprint density at radius 1 is 0.360 bits per heavy atom. The third-order valence-corrected chi connectivity index (χ3v) is 12.8. The molecule has 0 unspecified atom stereocenters. The molecule has 0 amide bonds. The van der Waals surface area contributed by atoms with Crippen LogP contribution in [0.1, 0.15) is 0 Å². The van der Waals surface area contributed by atoms with Gasteiger partial charge in [-0.1, -0.05) is 0 Å². The molecular formula is C12Br10O3. The molecule has 0 saturated heterocycles. The molecule has 3 nitrogen and oxygen atoms in total. The zero-order chi connectivity index (χ0) is 19.0. The fraction of sp³-hybridized carbons (Fsp3) is 0. The lowest BCUT2D eigenvalue weighted by Crippen LogP contribution is -1.96. The summed E-state index contributed by atoms with van der Waals surface area (Å²) in [7, 11) is 0. The lowest BCUT2D eigenvalue weighted by molar-refractivity contribution is 0.438. The topological polar surface area (TPSA) is 27.7 Å². The van der Waals surface area contributed by atoms with Crippen LogP contribution in [0.4, 0.5) is 0 Å². The molecule has 0 spiro atoms. The average molecular weight is 991 g/mol. The summed E-state index contributed by atoms with van der Waals surface area (Å²) in [5.41, 5.74) is 0. The van der Waals surface area contributed by atoms with Gasteiger partial charge in [0.2, 0.25) is 0 Å². The standard InChI is InChI=1S/C12Br10O3/c13-1-3(15)7(19)11(24-21)9(5(1)17)23-10-6(18)2(14)4(16)8(20)12(10)25-22. The summed E-state index contributed by atoms with van der Waals surface area (Å²) < 4.78 is 22.4. The Bertz CT molecular complexity index is 785. The first-order chi connectivity index (χ1) is 11.7. The lowest BCUT2D eigenvalue weighted by Gasteiger charge is -2.19. The molecule has 0 atom stereocenters. The number of halogens is 10. The molecule has 0 aromatic heterocycles. The number of hydrogen-bond acceptors (Lipinski definition) is 3. The van der Waals surface area contributed by atoms with Gasteiger partial charge in [0.05, 0.1) is 35.8 Å².